The molecule has 0 saturated carbocycles. The van der Waals surface area contributed by atoms with Gasteiger partial charge < -0.3 is 5.32 Å². The largest absolute Gasteiger partial charge is 0.300 e. The normalized spacial score (nSPS) is 14.6. The Morgan fingerprint density at radius 1 is 1.29 bits per heavy atom. The molecule has 2 aromatic rings. The number of benzene rings is 1. The number of carbonyl (C=O) groups is 3. The van der Waals surface area contributed by atoms with Crippen molar-refractivity contribution in [3.63, 3.8) is 0 Å². The van der Waals surface area contributed by atoms with Gasteiger partial charge in [-0.1, -0.05) is 12.1 Å². The number of thioether (sulfide) groups is 1. The summed E-state index contributed by atoms with van der Waals surface area (Å²) in [6, 6.07) is 5.79. The van der Waals surface area contributed by atoms with E-state index < -0.39 is 23.8 Å². The number of hydrogen-bond acceptors (Lipinski definition) is 6. The first-order chi connectivity index (χ1) is 11.6. The number of nitrogens with one attached hydrogen (secondary N) is 1. The highest BCUT2D eigenvalue weighted by Gasteiger charge is 2.42. The zero-order chi connectivity index (χ0) is 17.1. The quantitative estimate of drug-likeness (QED) is 0.800. The zero-order valence-electron chi connectivity index (χ0n) is 12.9. The minimum absolute atomic E-state index is 0.346. The Morgan fingerprint density at radius 3 is 2.50 bits per heavy atom. The van der Waals surface area contributed by atoms with Gasteiger partial charge in [-0.2, -0.15) is 11.8 Å². The minimum Gasteiger partial charge on any atom is -0.300 e. The molecule has 0 radical (unpaired) electrons. The standard InChI is InChI=1S/C16H15N3O3S2/c1-23-8-6-12(13(20)18-16-17-7-9-24-16)19-14(21)10-4-2-3-5-11(10)15(19)22/h2-5,7,9,12H,6,8H2,1H3,(H,17,18,20)/t12-/m0/s1. The fourth-order valence-corrected chi connectivity index (χ4v) is 3.56. The van der Waals surface area contributed by atoms with Crippen LogP contribution in [0.5, 0.6) is 0 Å². The maximum Gasteiger partial charge on any atom is 0.262 e. The predicted molar refractivity (Wildman–Crippen MR) is 94.5 cm³/mol. The number of amides is 3. The van der Waals surface area contributed by atoms with Crippen LogP contribution >= 0.6 is 23.1 Å². The molecule has 3 amide bonds. The molecule has 1 aliphatic rings. The Hall–Kier alpha value is -2.19. The third kappa shape index (κ3) is 3.07. The van der Waals surface area contributed by atoms with Crippen molar-refractivity contribution in [2.75, 3.05) is 17.3 Å². The van der Waals surface area contributed by atoms with Gasteiger partial charge in [-0.3, -0.25) is 19.3 Å². The van der Waals surface area contributed by atoms with Crippen molar-refractivity contribution in [1.29, 1.82) is 0 Å². The molecule has 3 rings (SSSR count). The number of aromatic nitrogens is 1. The predicted octanol–water partition coefficient (Wildman–Crippen LogP) is 2.50. The van der Waals surface area contributed by atoms with E-state index in [1.54, 1.807) is 47.6 Å². The van der Waals surface area contributed by atoms with E-state index in [-0.39, 0.29) is 0 Å². The summed E-state index contributed by atoms with van der Waals surface area (Å²) in [5.74, 6) is -0.580. The molecule has 124 valence electrons. The molecule has 1 aromatic carbocycles. The number of carbonyl (C=O) groups excluding carboxylic acids is 3. The third-order valence-electron chi connectivity index (χ3n) is 3.70. The molecule has 1 aliphatic heterocycles. The molecule has 0 saturated heterocycles. The van der Waals surface area contributed by atoms with Crippen LogP contribution in [0.1, 0.15) is 27.1 Å². The molecular weight excluding hydrogens is 346 g/mol. The van der Waals surface area contributed by atoms with Gasteiger partial charge in [0, 0.05) is 11.6 Å². The van der Waals surface area contributed by atoms with Crippen molar-refractivity contribution in [3.8, 4) is 0 Å². The summed E-state index contributed by atoms with van der Waals surface area (Å²) in [5, 5.41) is 4.88. The van der Waals surface area contributed by atoms with Crippen LogP contribution in [-0.4, -0.2) is 45.7 Å². The van der Waals surface area contributed by atoms with Gasteiger partial charge in [0.25, 0.3) is 11.8 Å². The van der Waals surface area contributed by atoms with E-state index >= 15 is 0 Å². The molecule has 0 unspecified atom stereocenters. The fraction of sp³-hybridized carbons (Fsp3) is 0.250. The van der Waals surface area contributed by atoms with Crippen LogP contribution in [0.4, 0.5) is 5.13 Å². The molecule has 0 fully saturated rings. The number of hydrogen-bond donors (Lipinski definition) is 1. The number of fused-ring (bicyclic) bond motifs is 1. The van der Waals surface area contributed by atoms with E-state index in [4.69, 9.17) is 0 Å². The van der Waals surface area contributed by atoms with Crippen LogP contribution in [0.2, 0.25) is 0 Å². The van der Waals surface area contributed by atoms with Gasteiger partial charge in [0.1, 0.15) is 6.04 Å². The number of anilines is 1. The van der Waals surface area contributed by atoms with E-state index in [1.807, 2.05) is 6.26 Å². The number of rotatable bonds is 6. The minimum atomic E-state index is -0.853. The van der Waals surface area contributed by atoms with Crippen LogP contribution in [0, 0.1) is 0 Å². The van der Waals surface area contributed by atoms with E-state index in [0.717, 1.165) is 4.90 Å². The first-order valence-corrected chi connectivity index (χ1v) is 9.57. The number of nitrogens with zero attached hydrogens (tertiary/aromatic N) is 2. The molecule has 0 spiro atoms. The van der Waals surface area contributed by atoms with E-state index in [0.29, 0.717) is 28.4 Å². The van der Waals surface area contributed by atoms with Gasteiger partial charge in [0.2, 0.25) is 5.91 Å². The van der Waals surface area contributed by atoms with Crippen molar-refractivity contribution in [2.45, 2.75) is 12.5 Å². The summed E-state index contributed by atoms with van der Waals surface area (Å²) in [6.07, 6.45) is 3.89. The van der Waals surface area contributed by atoms with Crippen LogP contribution in [0.15, 0.2) is 35.8 Å². The van der Waals surface area contributed by atoms with E-state index in [1.165, 1.54) is 11.3 Å². The lowest BCUT2D eigenvalue weighted by molar-refractivity contribution is -0.120. The molecule has 2 heterocycles. The van der Waals surface area contributed by atoms with Gasteiger partial charge >= 0.3 is 0 Å². The highest BCUT2D eigenvalue weighted by Crippen LogP contribution is 2.27. The van der Waals surface area contributed by atoms with Gasteiger partial charge in [-0.15, -0.1) is 11.3 Å². The molecule has 8 heteroatoms. The van der Waals surface area contributed by atoms with Crippen molar-refractivity contribution < 1.29 is 14.4 Å². The summed E-state index contributed by atoms with van der Waals surface area (Å²) in [4.78, 5) is 43.0. The van der Waals surface area contributed by atoms with Crippen LogP contribution in [0.3, 0.4) is 0 Å². The van der Waals surface area contributed by atoms with Crippen molar-refractivity contribution in [1.82, 2.24) is 9.88 Å². The highest BCUT2D eigenvalue weighted by atomic mass is 32.2. The van der Waals surface area contributed by atoms with Gasteiger partial charge in [-0.25, -0.2) is 4.98 Å². The van der Waals surface area contributed by atoms with Gasteiger partial charge in [0.05, 0.1) is 11.1 Å². The van der Waals surface area contributed by atoms with Gasteiger partial charge in [-0.05, 0) is 30.6 Å². The summed E-state index contributed by atoms with van der Waals surface area (Å²) < 4.78 is 0. The fourth-order valence-electron chi connectivity index (χ4n) is 2.57. The Bertz CT molecular complexity index is 742. The molecule has 1 atom stereocenters. The Balaban J connectivity index is 1.88. The lowest BCUT2D eigenvalue weighted by Gasteiger charge is -2.24. The van der Waals surface area contributed by atoms with Crippen molar-refractivity contribution in [2.24, 2.45) is 0 Å². The first kappa shape index (κ1) is 16.7. The molecule has 24 heavy (non-hydrogen) atoms. The molecule has 1 aromatic heterocycles. The Labute approximate surface area is 147 Å². The maximum atomic E-state index is 12.6. The van der Waals surface area contributed by atoms with Crippen LogP contribution in [0.25, 0.3) is 0 Å². The molecule has 0 aliphatic carbocycles. The molecule has 0 bridgehead atoms. The van der Waals surface area contributed by atoms with Crippen molar-refractivity contribution in [3.05, 3.63) is 47.0 Å². The average Bonchev–Trinajstić information content (AvgIpc) is 3.18. The monoisotopic (exact) mass is 361 g/mol. The SMILES string of the molecule is CSCC[C@@H](C(=O)Nc1nccs1)N1C(=O)c2ccccc2C1=O. The average molecular weight is 361 g/mol. The highest BCUT2D eigenvalue weighted by molar-refractivity contribution is 7.98. The van der Waals surface area contributed by atoms with Gasteiger partial charge in [0.15, 0.2) is 5.13 Å². The number of thiazole rings is 1. The summed E-state index contributed by atoms with van der Waals surface area (Å²) in [7, 11) is 0. The summed E-state index contributed by atoms with van der Waals surface area (Å²) >= 11 is 2.85. The third-order valence-corrected chi connectivity index (χ3v) is 5.03. The Morgan fingerprint density at radius 2 is 1.96 bits per heavy atom. The summed E-state index contributed by atoms with van der Waals surface area (Å²) in [5.41, 5.74) is 0.692. The van der Waals surface area contributed by atoms with E-state index in [9.17, 15) is 14.4 Å². The first-order valence-electron chi connectivity index (χ1n) is 7.29. The summed E-state index contributed by atoms with van der Waals surface area (Å²) in [6.45, 7) is 0. The smallest absolute Gasteiger partial charge is 0.262 e. The second-order valence-corrected chi connectivity index (χ2v) is 7.03. The molecular formula is C16H15N3O3S2. The molecule has 1 N–H and O–H groups in total. The van der Waals surface area contributed by atoms with E-state index in [2.05, 4.69) is 10.3 Å². The maximum absolute atomic E-state index is 12.6. The second kappa shape index (κ2) is 7.14. The second-order valence-electron chi connectivity index (χ2n) is 5.15. The molecule has 6 nitrogen and oxygen atoms in total. The lowest BCUT2D eigenvalue weighted by atomic mass is 10.1. The van der Waals surface area contributed by atoms with Crippen LogP contribution < -0.4 is 5.32 Å². The Kier molecular flexibility index (Phi) is 4.96. The van der Waals surface area contributed by atoms with Crippen LogP contribution in [-0.2, 0) is 4.79 Å². The number of imide groups is 1. The zero-order valence-corrected chi connectivity index (χ0v) is 14.5. The topological polar surface area (TPSA) is 79.4 Å². The van der Waals surface area contributed by atoms with Crippen molar-refractivity contribution >= 4 is 46.0 Å². The lowest BCUT2D eigenvalue weighted by Crippen LogP contribution is -2.47.